The van der Waals surface area contributed by atoms with Crippen LogP contribution in [0.4, 0.5) is 5.69 Å². The number of fused-ring (bicyclic) bond motifs is 1. The fraction of sp³-hybridized carbons (Fsp3) is 0.364. The fourth-order valence-electron chi connectivity index (χ4n) is 1.73. The number of rotatable bonds is 0. The van der Waals surface area contributed by atoms with Crippen molar-refractivity contribution >= 4 is 27.5 Å². The molecular weight excluding hydrogens is 258 g/mol. The van der Waals surface area contributed by atoms with E-state index in [1.54, 1.807) is 0 Å². The molecule has 80 valence electrons. The van der Waals surface area contributed by atoms with E-state index in [4.69, 9.17) is 4.74 Å². The number of ether oxygens (including phenoxy) is 1. The minimum atomic E-state index is -0.0910. The Kier molecular flexibility index (Phi) is 2.46. The maximum Gasteiger partial charge on any atom is 0.262 e. The first kappa shape index (κ1) is 10.5. The smallest absolute Gasteiger partial charge is 0.262 e. The van der Waals surface area contributed by atoms with Crippen molar-refractivity contribution in [3.63, 3.8) is 0 Å². The number of hydrogen-bond acceptors (Lipinski definition) is 2. The molecular formula is C11H12BrNO2. The van der Waals surface area contributed by atoms with Gasteiger partial charge in [0.25, 0.3) is 5.91 Å². The van der Waals surface area contributed by atoms with Crippen molar-refractivity contribution in [3.05, 3.63) is 21.2 Å². The molecule has 0 saturated carbocycles. The second-order valence-electron chi connectivity index (χ2n) is 3.73. The Labute approximate surface area is 96.9 Å². The van der Waals surface area contributed by atoms with Crippen molar-refractivity contribution in [2.24, 2.45) is 0 Å². The van der Waals surface area contributed by atoms with E-state index in [0.29, 0.717) is 0 Å². The summed E-state index contributed by atoms with van der Waals surface area (Å²) in [6, 6.07) is 0. The highest BCUT2D eigenvalue weighted by molar-refractivity contribution is 9.10. The third-order valence-corrected chi connectivity index (χ3v) is 3.97. The SMILES string of the molecule is Cc1c(C)c2c(c(C)c1Br)OCC(=O)N2. The van der Waals surface area contributed by atoms with Gasteiger partial charge in [-0.25, -0.2) is 0 Å². The van der Waals surface area contributed by atoms with Gasteiger partial charge in [0.2, 0.25) is 0 Å². The second kappa shape index (κ2) is 3.52. The predicted molar refractivity (Wildman–Crippen MR) is 62.5 cm³/mol. The highest BCUT2D eigenvalue weighted by Gasteiger charge is 2.23. The number of carbonyl (C=O) groups is 1. The Bertz CT molecular complexity index is 455. The molecule has 0 fully saturated rings. The molecule has 4 heteroatoms. The van der Waals surface area contributed by atoms with Gasteiger partial charge in [0.1, 0.15) is 5.75 Å². The number of benzene rings is 1. The van der Waals surface area contributed by atoms with E-state index < -0.39 is 0 Å². The first-order chi connectivity index (χ1) is 7.02. The van der Waals surface area contributed by atoms with E-state index >= 15 is 0 Å². The molecule has 1 aromatic carbocycles. The van der Waals surface area contributed by atoms with Crippen LogP contribution in [0.15, 0.2) is 4.47 Å². The van der Waals surface area contributed by atoms with Gasteiger partial charge in [0, 0.05) is 10.0 Å². The molecule has 0 aromatic heterocycles. The van der Waals surface area contributed by atoms with Gasteiger partial charge in [-0.1, -0.05) is 15.9 Å². The van der Waals surface area contributed by atoms with Gasteiger partial charge < -0.3 is 10.1 Å². The monoisotopic (exact) mass is 269 g/mol. The Hall–Kier alpha value is -1.03. The normalized spacial score (nSPS) is 14.3. The molecule has 1 aliphatic heterocycles. The second-order valence-corrected chi connectivity index (χ2v) is 4.52. The van der Waals surface area contributed by atoms with Crippen molar-refractivity contribution < 1.29 is 9.53 Å². The van der Waals surface area contributed by atoms with Gasteiger partial charge in [0.05, 0.1) is 5.69 Å². The Morgan fingerprint density at radius 1 is 1.20 bits per heavy atom. The van der Waals surface area contributed by atoms with E-state index in [-0.39, 0.29) is 12.5 Å². The number of anilines is 1. The average molecular weight is 270 g/mol. The molecule has 1 amide bonds. The Morgan fingerprint density at radius 3 is 2.53 bits per heavy atom. The summed E-state index contributed by atoms with van der Waals surface area (Å²) in [6.45, 7) is 6.08. The number of halogens is 1. The molecule has 1 heterocycles. The molecule has 1 N–H and O–H groups in total. The topological polar surface area (TPSA) is 38.3 Å². The predicted octanol–water partition coefficient (Wildman–Crippen LogP) is 2.71. The summed E-state index contributed by atoms with van der Waals surface area (Å²) in [7, 11) is 0. The Balaban J connectivity index is 2.70. The van der Waals surface area contributed by atoms with Crippen LogP contribution in [0.5, 0.6) is 5.75 Å². The zero-order valence-electron chi connectivity index (χ0n) is 8.90. The van der Waals surface area contributed by atoms with Gasteiger partial charge in [0.15, 0.2) is 6.61 Å². The van der Waals surface area contributed by atoms with Crippen LogP contribution in [0.25, 0.3) is 0 Å². The van der Waals surface area contributed by atoms with Crippen LogP contribution in [0.2, 0.25) is 0 Å². The molecule has 1 aliphatic rings. The lowest BCUT2D eigenvalue weighted by Crippen LogP contribution is -2.26. The van der Waals surface area contributed by atoms with Crippen molar-refractivity contribution in [2.45, 2.75) is 20.8 Å². The van der Waals surface area contributed by atoms with Crippen LogP contribution < -0.4 is 10.1 Å². The minimum absolute atomic E-state index is 0.0910. The summed E-state index contributed by atoms with van der Waals surface area (Å²) in [6.07, 6.45) is 0. The summed E-state index contributed by atoms with van der Waals surface area (Å²) >= 11 is 3.53. The number of amides is 1. The van der Waals surface area contributed by atoms with Crippen molar-refractivity contribution in [1.29, 1.82) is 0 Å². The van der Waals surface area contributed by atoms with Crippen LogP contribution >= 0.6 is 15.9 Å². The van der Waals surface area contributed by atoms with Crippen molar-refractivity contribution in [2.75, 3.05) is 11.9 Å². The number of hydrogen-bond donors (Lipinski definition) is 1. The van der Waals surface area contributed by atoms with Crippen molar-refractivity contribution in [3.8, 4) is 5.75 Å². The standard InChI is InChI=1S/C11H12BrNO2/c1-5-6(2)10-11(7(3)9(5)12)15-4-8(14)13-10/h4H2,1-3H3,(H,13,14). The minimum Gasteiger partial charge on any atom is -0.481 e. The van der Waals surface area contributed by atoms with Crippen LogP contribution in [0.3, 0.4) is 0 Å². The molecule has 2 rings (SSSR count). The molecule has 0 saturated heterocycles. The summed E-state index contributed by atoms with van der Waals surface area (Å²) in [5.41, 5.74) is 4.03. The quantitative estimate of drug-likeness (QED) is 0.787. The molecule has 0 atom stereocenters. The summed E-state index contributed by atoms with van der Waals surface area (Å²) < 4.78 is 6.49. The largest absolute Gasteiger partial charge is 0.481 e. The highest BCUT2D eigenvalue weighted by atomic mass is 79.9. The Morgan fingerprint density at radius 2 is 1.87 bits per heavy atom. The van der Waals surface area contributed by atoms with Crippen LogP contribution in [0, 0.1) is 20.8 Å². The van der Waals surface area contributed by atoms with Gasteiger partial charge >= 0.3 is 0 Å². The van der Waals surface area contributed by atoms with Gasteiger partial charge in [-0.05, 0) is 31.9 Å². The molecule has 0 unspecified atom stereocenters. The van der Waals surface area contributed by atoms with Gasteiger partial charge in [-0.2, -0.15) is 0 Å². The molecule has 0 aliphatic carbocycles. The van der Waals surface area contributed by atoms with Crippen molar-refractivity contribution in [1.82, 2.24) is 0 Å². The van der Waals surface area contributed by atoms with E-state index in [1.165, 1.54) is 0 Å². The molecule has 0 radical (unpaired) electrons. The van der Waals surface area contributed by atoms with Gasteiger partial charge in [-0.3, -0.25) is 4.79 Å². The summed E-state index contributed by atoms with van der Waals surface area (Å²) in [4.78, 5) is 11.2. The highest BCUT2D eigenvalue weighted by Crippen LogP contribution is 2.41. The van der Waals surface area contributed by atoms with Crippen LogP contribution in [0.1, 0.15) is 16.7 Å². The zero-order chi connectivity index (χ0) is 11.2. The van der Waals surface area contributed by atoms with E-state index in [1.807, 2.05) is 20.8 Å². The lowest BCUT2D eigenvalue weighted by atomic mass is 10.0. The number of carbonyl (C=O) groups excluding carboxylic acids is 1. The summed E-state index contributed by atoms with van der Waals surface area (Å²) in [5.74, 6) is 0.691. The molecule has 3 nitrogen and oxygen atoms in total. The molecule has 0 spiro atoms. The average Bonchev–Trinajstić information content (AvgIpc) is 2.23. The zero-order valence-corrected chi connectivity index (χ0v) is 10.5. The molecule has 0 bridgehead atoms. The third kappa shape index (κ3) is 1.53. The first-order valence-corrected chi connectivity index (χ1v) is 5.53. The fourth-order valence-corrected chi connectivity index (χ4v) is 2.21. The van der Waals surface area contributed by atoms with E-state index in [9.17, 15) is 4.79 Å². The maximum atomic E-state index is 11.2. The molecule has 15 heavy (non-hydrogen) atoms. The molecule has 1 aromatic rings. The van der Waals surface area contributed by atoms with Crippen LogP contribution in [-0.2, 0) is 4.79 Å². The maximum absolute atomic E-state index is 11.2. The third-order valence-electron chi connectivity index (χ3n) is 2.78. The van der Waals surface area contributed by atoms with E-state index in [0.717, 1.165) is 32.6 Å². The van der Waals surface area contributed by atoms with Gasteiger partial charge in [-0.15, -0.1) is 0 Å². The number of nitrogens with one attached hydrogen (secondary N) is 1. The lowest BCUT2D eigenvalue weighted by molar-refractivity contribution is -0.118. The van der Waals surface area contributed by atoms with E-state index in [2.05, 4.69) is 21.2 Å². The summed E-state index contributed by atoms with van der Waals surface area (Å²) in [5, 5.41) is 2.85. The lowest BCUT2D eigenvalue weighted by Gasteiger charge is -2.24. The van der Waals surface area contributed by atoms with Crippen LogP contribution in [-0.4, -0.2) is 12.5 Å². The first-order valence-electron chi connectivity index (χ1n) is 4.74.